The van der Waals surface area contributed by atoms with Gasteiger partial charge in [0.2, 0.25) is 11.8 Å². The Hall–Kier alpha value is -3.46. The molecular formula is C23H24N4O4S. The minimum absolute atomic E-state index is 0.0622. The first kappa shape index (κ1) is 21.8. The zero-order valence-electron chi connectivity index (χ0n) is 18.3. The molecule has 1 aliphatic heterocycles. The van der Waals surface area contributed by atoms with Crippen LogP contribution in [0.25, 0.3) is 11.1 Å². The van der Waals surface area contributed by atoms with Crippen LogP contribution in [0.3, 0.4) is 0 Å². The number of aromatic nitrogens is 2. The van der Waals surface area contributed by atoms with E-state index in [9.17, 15) is 18.0 Å². The van der Waals surface area contributed by atoms with Crippen molar-refractivity contribution in [1.82, 2.24) is 9.78 Å². The van der Waals surface area contributed by atoms with E-state index >= 15 is 0 Å². The van der Waals surface area contributed by atoms with E-state index in [1.54, 1.807) is 38.1 Å². The Balaban J connectivity index is 1.82. The van der Waals surface area contributed by atoms with Gasteiger partial charge < -0.3 is 5.32 Å². The monoisotopic (exact) mass is 452 g/mol. The van der Waals surface area contributed by atoms with Crippen molar-refractivity contribution < 1.29 is 18.0 Å². The fraction of sp³-hybridized carbons (Fsp3) is 0.261. The van der Waals surface area contributed by atoms with Crippen LogP contribution in [0.4, 0.5) is 11.5 Å². The van der Waals surface area contributed by atoms with E-state index in [1.165, 1.54) is 4.68 Å². The first-order valence-corrected chi connectivity index (χ1v) is 11.7. The SMILES string of the molecule is Cc1ccc(C)c(NS(=O)(=O)c2cc(-c3c(C)nn4c3NC(=O)CCC4=O)ccc2C)c1. The van der Waals surface area contributed by atoms with Crippen LogP contribution in [0.5, 0.6) is 0 Å². The number of hydrogen-bond acceptors (Lipinski definition) is 5. The summed E-state index contributed by atoms with van der Waals surface area (Å²) in [5.41, 5.74) is 4.43. The van der Waals surface area contributed by atoms with Crippen LogP contribution in [0, 0.1) is 27.7 Å². The molecule has 0 fully saturated rings. The Kier molecular flexibility index (Phi) is 5.37. The van der Waals surface area contributed by atoms with Crippen LogP contribution < -0.4 is 10.0 Å². The lowest BCUT2D eigenvalue weighted by Crippen LogP contribution is -2.15. The zero-order valence-corrected chi connectivity index (χ0v) is 19.1. The average molecular weight is 453 g/mol. The van der Waals surface area contributed by atoms with Crippen LogP contribution in [-0.2, 0) is 14.8 Å². The molecule has 8 nitrogen and oxygen atoms in total. The Morgan fingerprint density at radius 2 is 1.69 bits per heavy atom. The quantitative estimate of drug-likeness (QED) is 0.623. The normalized spacial score (nSPS) is 14.0. The Morgan fingerprint density at radius 3 is 2.44 bits per heavy atom. The molecule has 1 amide bonds. The maximum Gasteiger partial charge on any atom is 0.262 e. The number of carbonyl (C=O) groups excluding carboxylic acids is 2. The number of amides is 1. The van der Waals surface area contributed by atoms with E-state index in [4.69, 9.17) is 0 Å². The molecule has 2 aromatic carbocycles. The van der Waals surface area contributed by atoms with Crippen molar-refractivity contribution in [2.75, 3.05) is 10.0 Å². The summed E-state index contributed by atoms with van der Waals surface area (Å²) in [6, 6.07) is 10.6. The second-order valence-electron chi connectivity index (χ2n) is 8.07. The number of rotatable bonds is 4. The third-order valence-electron chi connectivity index (χ3n) is 5.52. The molecule has 0 atom stereocenters. The van der Waals surface area contributed by atoms with Crippen LogP contribution in [0.15, 0.2) is 41.3 Å². The van der Waals surface area contributed by atoms with E-state index in [2.05, 4.69) is 15.1 Å². The van der Waals surface area contributed by atoms with Crippen molar-refractivity contribution in [3.63, 3.8) is 0 Å². The van der Waals surface area contributed by atoms with Gasteiger partial charge in [0.15, 0.2) is 0 Å². The second-order valence-corrected chi connectivity index (χ2v) is 9.72. The molecular weight excluding hydrogens is 428 g/mol. The lowest BCUT2D eigenvalue weighted by Gasteiger charge is -2.15. The van der Waals surface area contributed by atoms with Gasteiger partial charge in [-0.25, -0.2) is 8.42 Å². The minimum Gasteiger partial charge on any atom is -0.310 e. The molecule has 2 N–H and O–H groups in total. The molecule has 9 heteroatoms. The number of benzene rings is 2. The van der Waals surface area contributed by atoms with Crippen molar-refractivity contribution in [2.45, 2.75) is 45.4 Å². The van der Waals surface area contributed by atoms with Crippen molar-refractivity contribution in [3.05, 3.63) is 58.8 Å². The summed E-state index contributed by atoms with van der Waals surface area (Å²) in [5.74, 6) is -0.302. The fourth-order valence-corrected chi connectivity index (χ4v) is 5.17. The summed E-state index contributed by atoms with van der Waals surface area (Å²) >= 11 is 0. The summed E-state index contributed by atoms with van der Waals surface area (Å²) in [7, 11) is -3.89. The van der Waals surface area contributed by atoms with E-state index in [0.717, 1.165) is 11.1 Å². The van der Waals surface area contributed by atoms with Gasteiger partial charge in [-0.1, -0.05) is 24.3 Å². The van der Waals surface area contributed by atoms with Crippen LogP contribution in [0.1, 0.15) is 40.0 Å². The minimum atomic E-state index is -3.89. The van der Waals surface area contributed by atoms with Crippen molar-refractivity contribution in [3.8, 4) is 11.1 Å². The summed E-state index contributed by atoms with van der Waals surface area (Å²) in [5, 5.41) is 7.04. The molecule has 0 radical (unpaired) electrons. The zero-order chi connectivity index (χ0) is 23.2. The van der Waals surface area contributed by atoms with Crippen LogP contribution in [0.2, 0.25) is 0 Å². The largest absolute Gasteiger partial charge is 0.310 e. The molecule has 1 aliphatic rings. The Labute approximate surface area is 186 Å². The molecule has 4 rings (SSSR count). The Morgan fingerprint density at radius 1 is 0.969 bits per heavy atom. The van der Waals surface area contributed by atoms with Gasteiger partial charge in [0.1, 0.15) is 5.82 Å². The number of aryl methyl sites for hydroxylation is 4. The van der Waals surface area contributed by atoms with Gasteiger partial charge in [0, 0.05) is 18.4 Å². The maximum atomic E-state index is 13.3. The molecule has 0 spiro atoms. The number of hydrogen-bond donors (Lipinski definition) is 2. The standard InChI is InChI=1S/C23H24N4O4S/c1-13-5-6-14(2)18(11-13)26-32(30,31)19-12-17(8-7-15(19)3)22-16(4)25-27-21(29)10-9-20(28)24-23(22)27/h5-8,11-12,26H,9-10H2,1-4H3,(H,24,28). The molecule has 0 saturated carbocycles. The van der Waals surface area contributed by atoms with Crippen LogP contribution >= 0.6 is 0 Å². The predicted molar refractivity (Wildman–Crippen MR) is 122 cm³/mol. The number of fused-ring (bicyclic) bond motifs is 1. The van der Waals surface area contributed by atoms with Gasteiger partial charge in [0.05, 0.1) is 16.3 Å². The van der Waals surface area contributed by atoms with Gasteiger partial charge >= 0.3 is 0 Å². The van der Waals surface area contributed by atoms with Gasteiger partial charge in [0.25, 0.3) is 10.0 Å². The van der Waals surface area contributed by atoms with Crippen molar-refractivity contribution >= 4 is 33.3 Å². The maximum absolute atomic E-state index is 13.3. The lowest BCUT2D eigenvalue weighted by molar-refractivity contribution is -0.116. The van der Waals surface area contributed by atoms with Crippen molar-refractivity contribution in [1.29, 1.82) is 0 Å². The first-order chi connectivity index (χ1) is 15.1. The summed E-state index contributed by atoms with van der Waals surface area (Å²) in [6.07, 6.45) is 0.140. The van der Waals surface area contributed by atoms with E-state index in [1.807, 2.05) is 26.0 Å². The van der Waals surface area contributed by atoms with Gasteiger partial charge in [-0.2, -0.15) is 9.78 Å². The molecule has 0 bridgehead atoms. The molecule has 166 valence electrons. The number of nitrogens with one attached hydrogen (secondary N) is 2. The molecule has 0 saturated heterocycles. The van der Waals surface area contributed by atoms with Gasteiger partial charge in [-0.05, 0) is 62.1 Å². The smallest absolute Gasteiger partial charge is 0.262 e. The van der Waals surface area contributed by atoms with E-state index < -0.39 is 10.0 Å². The number of anilines is 2. The molecule has 0 aliphatic carbocycles. The summed E-state index contributed by atoms with van der Waals surface area (Å²) in [4.78, 5) is 24.6. The molecule has 2 heterocycles. The average Bonchev–Trinajstić information content (AvgIpc) is 2.97. The molecule has 3 aromatic rings. The summed E-state index contributed by atoms with van der Waals surface area (Å²) in [6.45, 7) is 7.18. The lowest BCUT2D eigenvalue weighted by atomic mass is 10.0. The Bertz CT molecular complexity index is 1370. The van der Waals surface area contributed by atoms with Crippen molar-refractivity contribution in [2.24, 2.45) is 0 Å². The highest BCUT2D eigenvalue weighted by molar-refractivity contribution is 7.92. The number of sulfonamides is 1. The fourth-order valence-electron chi connectivity index (χ4n) is 3.78. The third kappa shape index (κ3) is 3.91. The predicted octanol–water partition coefficient (Wildman–Crippen LogP) is 3.96. The van der Waals surface area contributed by atoms with Gasteiger partial charge in [-0.15, -0.1) is 0 Å². The molecule has 0 unspecified atom stereocenters. The highest BCUT2D eigenvalue weighted by atomic mass is 32.2. The topological polar surface area (TPSA) is 110 Å². The highest BCUT2D eigenvalue weighted by Gasteiger charge is 2.27. The highest BCUT2D eigenvalue weighted by Crippen LogP contribution is 2.35. The molecule has 32 heavy (non-hydrogen) atoms. The van der Waals surface area contributed by atoms with E-state index in [-0.39, 0.29) is 35.4 Å². The number of carbonyl (C=O) groups is 2. The molecule has 1 aromatic heterocycles. The van der Waals surface area contributed by atoms with E-state index in [0.29, 0.717) is 28.1 Å². The number of nitrogens with zero attached hydrogens (tertiary/aromatic N) is 2. The first-order valence-electron chi connectivity index (χ1n) is 10.2. The van der Waals surface area contributed by atoms with Crippen LogP contribution in [-0.4, -0.2) is 30.0 Å². The second kappa shape index (κ2) is 7.90. The third-order valence-corrected chi connectivity index (χ3v) is 7.03. The summed E-state index contributed by atoms with van der Waals surface area (Å²) < 4.78 is 30.4. The van der Waals surface area contributed by atoms with Gasteiger partial charge in [-0.3, -0.25) is 14.3 Å².